The summed E-state index contributed by atoms with van der Waals surface area (Å²) >= 11 is 0. The molecule has 0 unspecified atom stereocenters. The van der Waals surface area contributed by atoms with Crippen molar-refractivity contribution in [2.24, 2.45) is 7.05 Å². The van der Waals surface area contributed by atoms with Gasteiger partial charge in [0.2, 0.25) is 0 Å². The van der Waals surface area contributed by atoms with Crippen LogP contribution in [-0.2, 0) is 16.9 Å². The smallest absolute Gasteiger partial charge is 0.175 e. The van der Waals surface area contributed by atoms with E-state index in [2.05, 4.69) is 5.10 Å². The number of hydrogen-bond acceptors (Lipinski definition) is 5. The Morgan fingerprint density at radius 3 is 2.47 bits per heavy atom. The second-order valence-corrected chi connectivity index (χ2v) is 6.23. The summed E-state index contributed by atoms with van der Waals surface area (Å²) in [6.45, 7) is 0. The molecule has 0 aliphatic rings. The van der Waals surface area contributed by atoms with E-state index >= 15 is 0 Å². The molecule has 0 radical (unpaired) electrons. The van der Waals surface area contributed by atoms with Crippen LogP contribution in [0.25, 0.3) is 11.3 Å². The van der Waals surface area contributed by atoms with Crippen LogP contribution in [0.3, 0.4) is 0 Å². The second-order valence-electron chi connectivity index (χ2n) is 4.21. The number of nitrogens with zero attached hydrogens (tertiary/aromatic N) is 2. The molecule has 0 amide bonds. The highest BCUT2D eigenvalue weighted by Crippen LogP contribution is 2.32. The number of nitrogens with two attached hydrogens (primary N) is 1. The van der Waals surface area contributed by atoms with Crippen molar-refractivity contribution in [3.05, 3.63) is 24.3 Å². The van der Waals surface area contributed by atoms with Crippen molar-refractivity contribution < 1.29 is 13.2 Å². The highest BCUT2D eigenvalue weighted by Gasteiger charge is 2.15. The maximum absolute atomic E-state index is 11.5. The maximum atomic E-state index is 11.5. The third-order valence-electron chi connectivity index (χ3n) is 2.79. The molecule has 102 valence electrons. The summed E-state index contributed by atoms with van der Waals surface area (Å²) in [6, 6.07) is 6.38. The summed E-state index contributed by atoms with van der Waals surface area (Å²) in [5, 5.41) is 4.24. The number of ether oxygens (including phenoxy) is 1. The molecule has 6 nitrogen and oxygen atoms in total. The molecule has 0 spiro atoms. The van der Waals surface area contributed by atoms with Crippen molar-refractivity contribution in [1.82, 2.24) is 9.78 Å². The first-order valence-electron chi connectivity index (χ1n) is 5.51. The summed E-state index contributed by atoms with van der Waals surface area (Å²) < 4.78 is 29.8. The highest BCUT2D eigenvalue weighted by molar-refractivity contribution is 7.90. The van der Waals surface area contributed by atoms with Crippen LogP contribution in [0.2, 0.25) is 0 Å². The molecule has 19 heavy (non-hydrogen) atoms. The molecule has 0 fully saturated rings. The molecule has 2 N–H and O–H groups in total. The molecule has 0 aliphatic carbocycles. The van der Waals surface area contributed by atoms with Crippen molar-refractivity contribution in [2.45, 2.75) is 4.90 Å². The summed E-state index contributed by atoms with van der Waals surface area (Å²) in [7, 11) is -0.0520. The first-order chi connectivity index (χ1) is 8.82. The van der Waals surface area contributed by atoms with Crippen LogP contribution in [0.4, 0.5) is 5.82 Å². The zero-order chi connectivity index (χ0) is 14.2. The van der Waals surface area contributed by atoms with E-state index in [1.54, 1.807) is 23.9 Å². The minimum Gasteiger partial charge on any atom is -0.496 e. The Kier molecular flexibility index (Phi) is 3.23. The lowest BCUT2D eigenvalue weighted by Crippen LogP contribution is -1.99. The lowest BCUT2D eigenvalue weighted by atomic mass is 10.1. The molecule has 2 rings (SSSR count). The van der Waals surface area contributed by atoms with Crippen LogP contribution in [0.5, 0.6) is 5.75 Å². The van der Waals surface area contributed by atoms with E-state index in [1.165, 1.54) is 19.2 Å². The second kappa shape index (κ2) is 4.58. The monoisotopic (exact) mass is 281 g/mol. The molecule has 1 heterocycles. The maximum Gasteiger partial charge on any atom is 0.175 e. The van der Waals surface area contributed by atoms with Gasteiger partial charge < -0.3 is 10.5 Å². The van der Waals surface area contributed by atoms with Crippen LogP contribution in [0, 0.1) is 0 Å². The topological polar surface area (TPSA) is 87.2 Å². The van der Waals surface area contributed by atoms with E-state index in [4.69, 9.17) is 10.5 Å². The summed E-state index contributed by atoms with van der Waals surface area (Å²) in [5.41, 5.74) is 7.06. The molecular weight excluding hydrogens is 266 g/mol. The van der Waals surface area contributed by atoms with Gasteiger partial charge >= 0.3 is 0 Å². The molecule has 2 aromatic rings. The average molecular weight is 281 g/mol. The van der Waals surface area contributed by atoms with E-state index < -0.39 is 9.84 Å². The number of sulfone groups is 1. The number of hydrogen-bond donors (Lipinski definition) is 1. The molecule has 0 bridgehead atoms. The predicted molar refractivity (Wildman–Crippen MR) is 72.7 cm³/mol. The Bertz CT molecular complexity index is 700. The third kappa shape index (κ3) is 2.55. The van der Waals surface area contributed by atoms with Gasteiger partial charge in [-0.05, 0) is 18.2 Å². The van der Waals surface area contributed by atoms with E-state index in [-0.39, 0.29) is 4.90 Å². The average Bonchev–Trinajstić information content (AvgIpc) is 2.67. The Morgan fingerprint density at radius 1 is 1.32 bits per heavy atom. The molecule has 0 atom stereocenters. The summed E-state index contributed by atoms with van der Waals surface area (Å²) in [6.07, 6.45) is 1.15. The van der Waals surface area contributed by atoms with Crippen molar-refractivity contribution in [2.75, 3.05) is 19.1 Å². The van der Waals surface area contributed by atoms with Gasteiger partial charge in [0.1, 0.15) is 11.6 Å². The van der Waals surface area contributed by atoms with Gasteiger partial charge in [0.15, 0.2) is 9.84 Å². The number of aryl methyl sites for hydroxylation is 1. The van der Waals surface area contributed by atoms with E-state index in [0.717, 1.165) is 6.26 Å². The van der Waals surface area contributed by atoms with Crippen molar-refractivity contribution in [3.8, 4) is 17.0 Å². The minimum absolute atomic E-state index is 0.206. The van der Waals surface area contributed by atoms with Gasteiger partial charge in [0.25, 0.3) is 0 Å². The fourth-order valence-corrected chi connectivity index (χ4v) is 2.36. The predicted octanol–water partition coefficient (Wildman–Crippen LogP) is 1.08. The van der Waals surface area contributed by atoms with Crippen molar-refractivity contribution in [1.29, 1.82) is 0 Å². The number of aromatic nitrogens is 2. The first kappa shape index (κ1) is 13.4. The standard InChI is InChI=1S/C12H15N3O3S/c1-15-12(13)7-10(14-15)9-5-4-8(19(3,16)17)6-11(9)18-2/h4-7H,13H2,1-3H3. The fourth-order valence-electron chi connectivity index (χ4n) is 1.73. The molecular formula is C12H15N3O3S. The zero-order valence-corrected chi connectivity index (χ0v) is 11.7. The molecule has 7 heteroatoms. The molecule has 0 saturated heterocycles. The minimum atomic E-state index is -3.27. The normalized spacial score (nSPS) is 11.5. The zero-order valence-electron chi connectivity index (χ0n) is 10.9. The molecule has 1 aromatic heterocycles. The van der Waals surface area contributed by atoms with Crippen LogP contribution < -0.4 is 10.5 Å². The first-order valence-corrected chi connectivity index (χ1v) is 7.40. The molecule has 0 saturated carbocycles. The summed E-state index contributed by atoms with van der Waals surface area (Å²) in [4.78, 5) is 0.206. The number of nitrogen functional groups attached to an aromatic ring is 1. The number of benzene rings is 1. The van der Waals surface area contributed by atoms with Gasteiger partial charge in [0, 0.05) is 24.9 Å². The Hall–Kier alpha value is -2.02. The van der Waals surface area contributed by atoms with Gasteiger partial charge in [0.05, 0.1) is 17.7 Å². The Balaban J connectivity index is 2.59. The Morgan fingerprint density at radius 2 is 2.00 bits per heavy atom. The lowest BCUT2D eigenvalue weighted by Gasteiger charge is -2.08. The van der Waals surface area contributed by atoms with Crippen LogP contribution >= 0.6 is 0 Å². The van der Waals surface area contributed by atoms with Gasteiger partial charge in [-0.1, -0.05) is 0 Å². The van der Waals surface area contributed by atoms with Crippen LogP contribution in [0.15, 0.2) is 29.2 Å². The third-order valence-corrected chi connectivity index (χ3v) is 3.90. The van der Waals surface area contributed by atoms with Gasteiger partial charge in [-0.25, -0.2) is 8.42 Å². The quantitative estimate of drug-likeness (QED) is 0.909. The highest BCUT2D eigenvalue weighted by atomic mass is 32.2. The fraction of sp³-hybridized carbons (Fsp3) is 0.250. The van der Waals surface area contributed by atoms with E-state index in [0.29, 0.717) is 22.8 Å². The molecule has 1 aromatic carbocycles. The lowest BCUT2D eigenvalue weighted by molar-refractivity contribution is 0.415. The number of methoxy groups -OCH3 is 1. The number of rotatable bonds is 3. The van der Waals surface area contributed by atoms with Crippen LogP contribution in [0.1, 0.15) is 0 Å². The van der Waals surface area contributed by atoms with Crippen molar-refractivity contribution >= 4 is 15.7 Å². The van der Waals surface area contributed by atoms with Crippen LogP contribution in [-0.4, -0.2) is 31.6 Å². The summed E-state index contributed by atoms with van der Waals surface area (Å²) in [5.74, 6) is 0.963. The van der Waals surface area contributed by atoms with Crippen molar-refractivity contribution in [3.63, 3.8) is 0 Å². The van der Waals surface area contributed by atoms with E-state index in [9.17, 15) is 8.42 Å². The Labute approximate surface area is 111 Å². The molecule has 0 aliphatic heterocycles. The van der Waals surface area contributed by atoms with Gasteiger partial charge in [-0.15, -0.1) is 0 Å². The largest absolute Gasteiger partial charge is 0.496 e. The number of anilines is 1. The van der Waals surface area contributed by atoms with Gasteiger partial charge in [-0.3, -0.25) is 4.68 Å². The van der Waals surface area contributed by atoms with Gasteiger partial charge in [-0.2, -0.15) is 5.10 Å². The van der Waals surface area contributed by atoms with E-state index in [1.807, 2.05) is 0 Å². The SMILES string of the molecule is COc1cc(S(C)(=O)=O)ccc1-c1cc(N)n(C)n1.